The first-order chi connectivity index (χ1) is 6.11. The number of aliphatic carboxylic acids is 1. The maximum Gasteiger partial charge on any atom is 0.318 e. The fourth-order valence-corrected chi connectivity index (χ4v) is 2.50. The lowest BCUT2D eigenvalue weighted by atomic mass is 10.5. The third kappa shape index (κ3) is 2.89. The summed E-state index contributed by atoms with van der Waals surface area (Å²) in [5, 5.41) is 10.2. The van der Waals surface area contributed by atoms with Crippen molar-refractivity contribution < 1.29 is 14.1 Å². The van der Waals surface area contributed by atoms with Crippen LogP contribution in [0.15, 0.2) is 11.6 Å². The quantitative estimate of drug-likeness (QED) is 0.815. The normalized spacial score (nSPS) is 15.2. The molecular weight excluding hydrogens is 210 g/mol. The van der Waals surface area contributed by atoms with Crippen LogP contribution in [-0.2, 0) is 21.3 Å². The third-order valence-corrected chi connectivity index (χ3v) is 4.00. The molecule has 1 aromatic rings. The molecule has 13 heavy (non-hydrogen) atoms. The smallest absolute Gasteiger partial charge is 0.318 e. The number of carboxylic acid groups (broad SMARTS) is 1. The topological polar surface area (TPSA) is 67.3 Å². The highest BCUT2D eigenvalue weighted by molar-refractivity contribution is 7.85. The lowest BCUT2D eigenvalue weighted by molar-refractivity contribution is -0.136. The minimum atomic E-state index is -1.38. The van der Waals surface area contributed by atoms with Crippen molar-refractivity contribution in [3.8, 4) is 0 Å². The summed E-state index contributed by atoms with van der Waals surface area (Å²) in [6.07, 6.45) is 1.61. The van der Waals surface area contributed by atoms with E-state index in [1.165, 1.54) is 18.3 Å². The van der Waals surface area contributed by atoms with Crippen LogP contribution in [0, 0.1) is 0 Å². The van der Waals surface area contributed by atoms with Gasteiger partial charge in [-0.15, -0.1) is 11.3 Å². The molecule has 0 aliphatic rings. The first-order valence-corrected chi connectivity index (χ1v) is 5.86. The van der Waals surface area contributed by atoms with Gasteiger partial charge in [0.15, 0.2) is 0 Å². The molecular formula is C7H9NO3S2. The second kappa shape index (κ2) is 4.48. The van der Waals surface area contributed by atoms with Gasteiger partial charge in [0.25, 0.3) is 0 Å². The molecule has 0 bridgehead atoms. The summed E-state index contributed by atoms with van der Waals surface area (Å²) in [4.78, 5) is 14.4. The van der Waals surface area contributed by atoms with Crippen molar-refractivity contribution in [2.45, 2.75) is 17.9 Å². The second-order valence-electron chi connectivity index (χ2n) is 2.43. The molecule has 4 nitrogen and oxygen atoms in total. The molecule has 2 atom stereocenters. The van der Waals surface area contributed by atoms with Gasteiger partial charge in [0.1, 0.15) is 10.3 Å². The van der Waals surface area contributed by atoms with E-state index >= 15 is 0 Å². The zero-order valence-electron chi connectivity index (χ0n) is 6.97. The van der Waals surface area contributed by atoms with E-state index in [0.717, 1.165) is 0 Å². The highest BCUT2D eigenvalue weighted by atomic mass is 32.2. The van der Waals surface area contributed by atoms with E-state index in [1.54, 1.807) is 11.6 Å². The maximum absolute atomic E-state index is 11.3. The SMILES string of the molecule is CC(C(=O)O)S(=O)Cc1nccs1. The van der Waals surface area contributed by atoms with E-state index < -0.39 is 22.0 Å². The van der Waals surface area contributed by atoms with Gasteiger partial charge < -0.3 is 5.11 Å². The molecule has 0 saturated heterocycles. The predicted octanol–water partition coefficient (Wildman–Crippen LogP) is 0.865. The first kappa shape index (κ1) is 10.3. The van der Waals surface area contributed by atoms with Crippen molar-refractivity contribution in [2.24, 2.45) is 0 Å². The summed E-state index contributed by atoms with van der Waals surface area (Å²) >= 11 is 1.38. The van der Waals surface area contributed by atoms with Gasteiger partial charge in [-0.2, -0.15) is 0 Å². The molecule has 72 valence electrons. The van der Waals surface area contributed by atoms with E-state index in [1.807, 2.05) is 0 Å². The number of hydrogen-bond donors (Lipinski definition) is 1. The molecule has 1 heterocycles. The van der Waals surface area contributed by atoms with Gasteiger partial charge >= 0.3 is 5.97 Å². The van der Waals surface area contributed by atoms with Crippen molar-refractivity contribution >= 4 is 28.1 Å². The van der Waals surface area contributed by atoms with Crippen LogP contribution in [0.3, 0.4) is 0 Å². The fourth-order valence-electron chi connectivity index (χ4n) is 0.683. The highest BCUT2D eigenvalue weighted by Crippen LogP contribution is 2.09. The monoisotopic (exact) mass is 219 g/mol. The van der Waals surface area contributed by atoms with Crippen molar-refractivity contribution in [3.63, 3.8) is 0 Å². The number of carboxylic acids is 1. The Morgan fingerprint density at radius 2 is 2.54 bits per heavy atom. The van der Waals surface area contributed by atoms with Gasteiger partial charge in [-0.05, 0) is 6.92 Å². The number of aromatic nitrogens is 1. The largest absolute Gasteiger partial charge is 0.480 e. The van der Waals surface area contributed by atoms with Gasteiger partial charge in [0, 0.05) is 22.4 Å². The van der Waals surface area contributed by atoms with E-state index in [0.29, 0.717) is 5.01 Å². The predicted molar refractivity (Wildman–Crippen MR) is 51.1 cm³/mol. The Morgan fingerprint density at radius 1 is 1.85 bits per heavy atom. The van der Waals surface area contributed by atoms with Crippen LogP contribution in [0.2, 0.25) is 0 Å². The molecule has 2 unspecified atom stereocenters. The molecule has 0 aliphatic carbocycles. The zero-order chi connectivity index (χ0) is 9.84. The maximum atomic E-state index is 11.3. The van der Waals surface area contributed by atoms with E-state index in [4.69, 9.17) is 5.11 Å². The molecule has 0 amide bonds. The Morgan fingerprint density at radius 3 is 3.00 bits per heavy atom. The summed E-state index contributed by atoms with van der Waals surface area (Å²) < 4.78 is 11.3. The minimum Gasteiger partial charge on any atom is -0.480 e. The fraction of sp³-hybridized carbons (Fsp3) is 0.429. The average Bonchev–Trinajstić information content (AvgIpc) is 2.55. The first-order valence-electron chi connectivity index (χ1n) is 3.59. The molecule has 1 rings (SSSR count). The summed E-state index contributed by atoms with van der Waals surface area (Å²) in [6.45, 7) is 1.44. The van der Waals surface area contributed by atoms with Crippen LogP contribution in [0.25, 0.3) is 0 Å². The summed E-state index contributed by atoms with van der Waals surface area (Å²) in [5.41, 5.74) is 0. The van der Waals surface area contributed by atoms with E-state index in [9.17, 15) is 9.00 Å². The molecule has 0 saturated carbocycles. The van der Waals surface area contributed by atoms with Gasteiger partial charge in [0.2, 0.25) is 0 Å². The minimum absolute atomic E-state index is 0.227. The number of carbonyl (C=O) groups is 1. The highest BCUT2D eigenvalue weighted by Gasteiger charge is 2.19. The second-order valence-corrected chi connectivity index (χ2v) is 5.17. The van der Waals surface area contributed by atoms with Crippen molar-refractivity contribution in [1.82, 2.24) is 4.98 Å². The number of thiazole rings is 1. The van der Waals surface area contributed by atoms with Crippen LogP contribution in [0.4, 0.5) is 0 Å². The van der Waals surface area contributed by atoms with Crippen molar-refractivity contribution in [1.29, 1.82) is 0 Å². The Kier molecular flexibility index (Phi) is 3.56. The third-order valence-electron chi connectivity index (χ3n) is 1.49. The van der Waals surface area contributed by atoms with Crippen LogP contribution in [0.5, 0.6) is 0 Å². The van der Waals surface area contributed by atoms with Crippen LogP contribution < -0.4 is 0 Å². The summed E-state index contributed by atoms with van der Waals surface area (Å²) in [7, 11) is -1.38. The molecule has 0 aromatic carbocycles. The molecule has 0 spiro atoms. The molecule has 1 N–H and O–H groups in total. The Balaban J connectivity index is 2.56. The molecule has 0 radical (unpaired) electrons. The van der Waals surface area contributed by atoms with Gasteiger partial charge in [-0.3, -0.25) is 9.00 Å². The number of hydrogen-bond acceptors (Lipinski definition) is 4. The molecule has 6 heteroatoms. The molecule has 1 aromatic heterocycles. The lowest BCUT2D eigenvalue weighted by Crippen LogP contribution is -2.22. The molecule has 0 fully saturated rings. The lowest BCUT2D eigenvalue weighted by Gasteiger charge is -2.03. The van der Waals surface area contributed by atoms with Crippen LogP contribution >= 0.6 is 11.3 Å². The number of nitrogens with zero attached hydrogens (tertiary/aromatic N) is 1. The van der Waals surface area contributed by atoms with Crippen molar-refractivity contribution in [3.05, 3.63) is 16.6 Å². The standard InChI is InChI=1S/C7H9NO3S2/c1-5(7(9)10)13(11)4-6-8-2-3-12-6/h2-3,5H,4H2,1H3,(H,9,10). The number of rotatable bonds is 4. The van der Waals surface area contributed by atoms with Crippen LogP contribution in [-0.4, -0.2) is 25.5 Å². The van der Waals surface area contributed by atoms with E-state index in [-0.39, 0.29) is 5.75 Å². The van der Waals surface area contributed by atoms with E-state index in [2.05, 4.69) is 4.98 Å². The Bertz CT molecular complexity index is 310. The summed E-state index contributed by atoms with van der Waals surface area (Å²) in [6, 6.07) is 0. The van der Waals surface area contributed by atoms with Crippen LogP contribution in [0.1, 0.15) is 11.9 Å². The Hall–Kier alpha value is -0.750. The molecule has 0 aliphatic heterocycles. The van der Waals surface area contributed by atoms with Gasteiger partial charge in [-0.25, -0.2) is 4.98 Å². The average molecular weight is 219 g/mol. The summed E-state index contributed by atoms with van der Waals surface area (Å²) in [5.74, 6) is -0.805. The zero-order valence-corrected chi connectivity index (χ0v) is 8.60. The Labute approximate surface area is 82.1 Å². The van der Waals surface area contributed by atoms with Gasteiger partial charge in [-0.1, -0.05) is 0 Å². The van der Waals surface area contributed by atoms with Gasteiger partial charge in [0.05, 0.1) is 5.75 Å². The van der Waals surface area contributed by atoms with Crippen molar-refractivity contribution in [2.75, 3.05) is 0 Å².